The zero-order valence-corrected chi connectivity index (χ0v) is 13.0. The third-order valence-corrected chi connectivity index (χ3v) is 2.72. The van der Waals surface area contributed by atoms with Gasteiger partial charge in [-0.2, -0.15) is 0 Å². The summed E-state index contributed by atoms with van der Waals surface area (Å²) in [6.45, 7) is 4.22. The van der Waals surface area contributed by atoms with Crippen molar-refractivity contribution in [3.63, 3.8) is 0 Å². The summed E-state index contributed by atoms with van der Waals surface area (Å²) in [5.74, 6) is 1.24. The smallest absolute Gasteiger partial charge is 0.189 e. The second-order valence-electron chi connectivity index (χ2n) is 4.69. The van der Waals surface area contributed by atoms with Crippen LogP contribution in [0, 0.1) is 0 Å². The molecule has 0 aliphatic carbocycles. The van der Waals surface area contributed by atoms with Gasteiger partial charge in [0.25, 0.3) is 0 Å². The largest absolute Gasteiger partial charge is 0.491 e. The van der Waals surface area contributed by atoms with E-state index in [4.69, 9.17) is 19.9 Å². The van der Waals surface area contributed by atoms with Crippen LogP contribution in [-0.4, -0.2) is 46.0 Å². The Hall–Kier alpha value is -1.79. The van der Waals surface area contributed by atoms with Gasteiger partial charge in [-0.25, -0.2) is 4.99 Å². The number of rotatable bonds is 9. The summed E-state index contributed by atoms with van der Waals surface area (Å²) in [6.07, 6.45) is 0. The van der Waals surface area contributed by atoms with Crippen molar-refractivity contribution in [1.82, 2.24) is 5.32 Å². The van der Waals surface area contributed by atoms with E-state index in [1.54, 1.807) is 14.2 Å². The molecule has 6 heteroatoms. The Kier molecular flexibility index (Phi) is 8.23. The van der Waals surface area contributed by atoms with Crippen LogP contribution in [-0.2, 0) is 16.0 Å². The second kappa shape index (κ2) is 10.0. The van der Waals surface area contributed by atoms with Gasteiger partial charge in [-0.3, -0.25) is 0 Å². The number of nitrogens with one attached hydrogen (secondary N) is 1. The number of ether oxygens (including phenoxy) is 3. The van der Waals surface area contributed by atoms with Crippen LogP contribution in [0.25, 0.3) is 0 Å². The average molecular weight is 295 g/mol. The van der Waals surface area contributed by atoms with Crippen molar-refractivity contribution in [3.05, 3.63) is 29.8 Å². The lowest BCUT2D eigenvalue weighted by Crippen LogP contribution is -2.40. The van der Waals surface area contributed by atoms with Crippen molar-refractivity contribution in [1.29, 1.82) is 0 Å². The molecule has 0 saturated carbocycles. The van der Waals surface area contributed by atoms with Crippen molar-refractivity contribution in [2.24, 2.45) is 10.7 Å². The molecule has 0 aliphatic heterocycles. The Balaban J connectivity index is 2.40. The highest BCUT2D eigenvalue weighted by atomic mass is 16.5. The molecule has 3 N–H and O–H groups in total. The van der Waals surface area contributed by atoms with Crippen molar-refractivity contribution in [3.8, 4) is 5.75 Å². The molecule has 0 amide bonds. The second-order valence-corrected chi connectivity index (χ2v) is 4.69. The first-order valence-corrected chi connectivity index (χ1v) is 6.91. The fourth-order valence-corrected chi connectivity index (χ4v) is 1.70. The molecule has 1 aromatic carbocycles. The molecule has 21 heavy (non-hydrogen) atoms. The van der Waals surface area contributed by atoms with E-state index in [9.17, 15) is 0 Å². The predicted octanol–water partition coefficient (Wildman–Crippen LogP) is 1.15. The molecular weight excluding hydrogens is 270 g/mol. The van der Waals surface area contributed by atoms with Gasteiger partial charge in [-0.05, 0) is 24.6 Å². The van der Waals surface area contributed by atoms with Gasteiger partial charge in [0.05, 0.1) is 19.8 Å². The molecule has 1 atom stereocenters. The van der Waals surface area contributed by atoms with E-state index in [0.29, 0.717) is 32.3 Å². The monoisotopic (exact) mass is 295 g/mol. The number of nitrogens with zero attached hydrogens (tertiary/aromatic N) is 1. The highest BCUT2D eigenvalue weighted by Gasteiger charge is 2.01. The van der Waals surface area contributed by atoms with Crippen LogP contribution >= 0.6 is 0 Å². The minimum absolute atomic E-state index is 0.135. The molecule has 0 saturated heterocycles. The van der Waals surface area contributed by atoms with Gasteiger partial charge in [-0.1, -0.05) is 12.1 Å². The van der Waals surface area contributed by atoms with Crippen molar-refractivity contribution < 1.29 is 14.2 Å². The van der Waals surface area contributed by atoms with Crippen LogP contribution in [0.15, 0.2) is 29.3 Å². The maximum Gasteiger partial charge on any atom is 0.189 e. The first-order valence-electron chi connectivity index (χ1n) is 6.91. The first-order chi connectivity index (χ1) is 10.2. The molecule has 118 valence electrons. The number of hydrogen-bond acceptors (Lipinski definition) is 4. The summed E-state index contributed by atoms with van der Waals surface area (Å²) in [5.41, 5.74) is 6.88. The quantitative estimate of drug-likeness (QED) is 0.406. The average Bonchev–Trinajstić information content (AvgIpc) is 2.47. The molecule has 0 radical (unpaired) electrons. The Labute approximate surface area is 126 Å². The third kappa shape index (κ3) is 7.53. The Morgan fingerprint density at radius 1 is 1.19 bits per heavy atom. The topological polar surface area (TPSA) is 78.1 Å². The lowest BCUT2D eigenvalue weighted by molar-refractivity contribution is 0.146. The van der Waals surface area contributed by atoms with Crippen LogP contribution in [0.3, 0.4) is 0 Å². The number of hydrogen-bond donors (Lipinski definition) is 2. The van der Waals surface area contributed by atoms with Crippen molar-refractivity contribution >= 4 is 5.96 Å². The highest BCUT2D eigenvalue weighted by molar-refractivity contribution is 5.78. The molecule has 1 aromatic rings. The molecule has 0 aliphatic rings. The summed E-state index contributed by atoms with van der Waals surface area (Å²) in [6, 6.07) is 7.90. The van der Waals surface area contributed by atoms with E-state index in [-0.39, 0.29) is 6.04 Å². The van der Waals surface area contributed by atoms with Gasteiger partial charge in [0.1, 0.15) is 12.4 Å². The zero-order valence-electron chi connectivity index (χ0n) is 13.0. The number of methoxy groups -OCH3 is 2. The summed E-state index contributed by atoms with van der Waals surface area (Å²) in [4.78, 5) is 4.29. The van der Waals surface area contributed by atoms with Crippen LogP contribution in [0.1, 0.15) is 12.5 Å². The normalized spacial score (nSPS) is 13.0. The molecule has 0 aromatic heterocycles. The Bertz CT molecular complexity index is 421. The molecule has 0 heterocycles. The molecule has 1 rings (SSSR count). The number of guanidine groups is 1. The van der Waals surface area contributed by atoms with Gasteiger partial charge >= 0.3 is 0 Å². The Morgan fingerprint density at radius 2 is 1.90 bits per heavy atom. The van der Waals surface area contributed by atoms with E-state index in [1.807, 2.05) is 31.2 Å². The molecule has 0 bridgehead atoms. The van der Waals surface area contributed by atoms with E-state index in [0.717, 1.165) is 11.3 Å². The third-order valence-electron chi connectivity index (χ3n) is 2.72. The van der Waals surface area contributed by atoms with Crippen molar-refractivity contribution in [2.45, 2.75) is 19.5 Å². The predicted molar refractivity (Wildman–Crippen MR) is 83.6 cm³/mol. The lowest BCUT2D eigenvalue weighted by atomic mass is 10.2. The van der Waals surface area contributed by atoms with E-state index < -0.39 is 0 Å². The van der Waals surface area contributed by atoms with E-state index >= 15 is 0 Å². The lowest BCUT2D eigenvalue weighted by Gasteiger charge is -2.13. The summed E-state index contributed by atoms with van der Waals surface area (Å²) in [7, 11) is 3.30. The maximum absolute atomic E-state index is 5.81. The summed E-state index contributed by atoms with van der Waals surface area (Å²) >= 11 is 0. The zero-order chi connectivity index (χ0) is 15.5. The van der Waals surface area contributed by atoms with Gasteiger partial charge in [0.2, 0.25) is 0 Å². The molecule has 6 nitrogen and oxygen atoms in total. The number of nitrogens with two attached hydrogens (primary N) is 1. The Morgan fingerprint density at radius 3 is 2.52 bits per heavy atom. The maximum atomic E-state index is 5.81. The van der Waals surface area contributed by atoms with E-state index in [1.165, 1.54) is 0 Å². The van der Waals surface area contributed by atoms with Crippen LogP contribution in [0.5, 0.6) is 5.75 Å². The highest BCUT2D eigenvalue weighted by Crippen LogP contribution is 2.12. The standard InChI is InChI=1S/C15H25N3O3/c1-12(11-20-3)18-15(16)17-10-13-4-6-14(7-5-13)21-9-8-19-2/h4-7,12H,8-11H2,1-3H3,(H3,16,17,18)/t12-/m1/s1. The summed E-state index contributed by atoms with van der Waals surface area (Å²) < 4.78 is 15.4. The fraction of sp³-hybridized carbons (Fsp3) is 0.533. The van der Waals surface area contributed by atoms with Crippen molar-refractivity contribution in [2.75, 3.05) is 34.0 Å². The molecule has 0 unspecified atom stereocenters. The van der Waals surface area contributed by atoms with Crippen LogP contribution in [0.4, 0.5) is 0 Å². The van der Waals surface area contributed by atoms with Gasteiger partial charge < -0.3 is 25.3 Å². The minimum Gasteiger partial charge on any atom is -0.491 e. The fourth-order valence-electron chi connectivity index (χ4n) is 1.70. The van der Waals surface area contributed by atoms with E-state index in [2.05, 4.69) is 10.3 Å². The van der Waals surface area contributed by atoms with Gasteiger partial charge in [0, 0.05) is 20.3 Å². The van der Waals surface area contributed by atoms with Crippen LogP contribution < -0.4 is 15.8 Å². The molecule has 0 fully saturated rings. The number of benzene rings is 1. The first kappa shape index (κ1) is 17.3. The SMILES string of the molecule is COCCOc1ccc(CN=C(N)N[C@H](C)COC)cc1. The van der Waals surface area contributed by atoms with Gasteiger partial charge in [0.15, 0.2) is 5.96 Å². The summed E-state index contributed by atoms with van der Waals surface area (Å²) in [5, 5.41) is 3.06. The molecule has 0 spiro atoms. The minimum atomic E-state index is 0.135. The van der Waals surface area contributed by atoms with Gasteiger partial charge in [-0.15, -0.1) is 0 Å². The number of aliphatic imine (C=N–C) groups is 1. The van der Waals surface area contributed by atoms with Crippen LogP contribution in [0.2, 0.25) is 0 Å². The molecular formula is C15H25N3O3.